The number of nitrogens with zero attached hydrogens (tertiary/aromatic N) is 1. The summed E-state index contributed by atoms with van der Waals surface area (Å²) in [5.41, 5.74) is 2.93. The molecule has 1 aliphatic carbocycles. The van der Waals surface area contributed by atoms with Gasteiger partial charge < -0.3 is 5.11 Å². The average molecular weight is 189 g/mol. The number of phenolic OH excluding ortho intramolecular Hbond substituents is 1. The van der Waals surface area contributed by atoms with Crippen molar-refractivity contribution < 1.29 is 5.11 Å². The van der Waals surface area contributed by atoms with E-state index >= 15 is 0 Å². The highest BCUT2D eigenvalue weighted by Crippen LogP contribution is 2.25. The lowest BCUT2D eigenvalue weighted by Crippen LogP contribution is -1.89. The van der Waals surface area contributed by atoms with Crippen LogP contribution < -0.4 is 0 Å². The molecule has 0 aromatic heterocycles. The number of benzene rings is 1. The van der Waals surface area contributed by atoms with E-state index < -0.39 is 0 Å². The van der Waals surface area contributed by atoms with Crippen molar-refractivity contribution in [2.24, 2.45) is 4.99 Å². The number of rotatable bonds is 2. The van der Waals surface area contributed by atoms with Crippen molar-refractivity contribution in [3.05, 3.63) is 28.8 Å². The van der Waals surface area contributed by atoms with Crippen molar-refractivity contribution in [3.63, 3.8) is 0 Å². The minimum Gasteiger partial charge on any atom is -0.507 e. The highest BCUT2D eigenvalue weighted by atomic mass is 16.3. The first-order valence-electron chi connectivity index (χ1n) is 5.00. The van der Waals surface area contributed by atoms with E-state index in [0.717, 1.165) is 16.7 Å². The third-order valence-electron chi connectivity index (χ3n) is 2.45. The summed E-state index contributed by atoms with van der Waals surface area (Å²) in [7, 11) is 0. The van der Waals surface area contributed by atoms with Crippen LogP contribution in [0.3, 0.4) is 0 Å². The SMILES string of the molecule is Cc1cc(C)c(O)c(C=NC2CC2)c1. The largest absolute Gasteiger partial charge is 0.507 e. The molecule has 0 amide bonds. The normalized spacial score (nSPS) is 16.4. The van der Waals surface area contributed by atoms with Crippen LogP contribution in [-0.2, 0) is 0 Å². The number of phenols is 1. The lowest BCUT2D eigenvalue weighted by atomic mass is 10.1. The predicted molar refractivity (Wildman–Crippen MR) is 58.2 cm³/mol. The molecule has 1 N–H and O–H groups in total. The van der Waals surface area contributed by atoms with Gasteiger partial charge in [-0.25, -0.2) is 0 Å². The second-order valence-corrected chi connectivity index (χ2v) is 4.03. The smallest absolute Gasteiger partial charge is 0.127 e. The van der Waals surface area contributed by atoms with Crippen molar-refractivity contribution >= 4 is 6.21 Å². The number of aliphatic imine (C=N–C) groups is 1. The lowest BCUT2D eigenvalue weighted by Gasteiger charge is -2.04. The first-order chi connectivity index (χ1) is 6.66. The summed E-state index contributed by atoms with van der Waals surface area (Å²) in [5, 5.41) is 9.76. The van der Waals surface area contributed by atoms with E-state index in [0.29, 0.717) is 11.8 Å². The zero-order chi connectivity index (χ0) is 10.1. The summed E-state index contributed by atoms with van der Waals surface area (Å²) in [6, 6.07) is 4.45. The molecule has 1 aromatic carbocycles. The molecule has 0 bridgehead atoms. The molecule has 0 unspecified atom stereocenters. The monoisotopic (exact) mass is 189 g/mol. The quantitative estimate of drug-likeness (QED) is 0.712. The van der Waals surface area contributed by atoms with Gasteiger partial charge in [0.2, 0.25) is 0 Å². The standard InChI is InChI=1S/C12H15NO/c1-8-5-9(2)12(14)10(6-8)7-13-11-3-4-11/h5-7,11,14H,3-4H2,1-2H3. The molecule has 0 heterocycles. The molecule has 1 aromatic rings. The highest BCUT2D eigenvalue weighted by Gasteiger charge is 2.19. The molecule has 2 nitrogen and oxygen atoms in total. The summed E-state index contributed by atoms with van der Waals surface area (Å²) >= 11 is 0. The summed E-state index contributed by atoms with van der Waals surface area (Å²) in [6.07, 6.45) is 4.19. The van der Waals surface area contributed by atoms with Crippen LogP contribution in [0.2, 0.25) is 0 Å². The number of hydrogen-bond donors (Lipinski definition) is 1. The second-order valence-electron chi connectivity index (χ2n) is 4.03. The first kappa shape index (κ1) is 9.25. The van der Waals surface area contributed by atoms with Crippen molar-refractivity contribution in [2.45, 2.75) is 32.7 Å². The fourth-order valence-corrected chi connectivity index (χ4v) is 1.50. The molecule has 0 saturated heterocycles. The van der Waals surface area contributed by atoms with Gasteiger partial charge in [0.25, 0.3) is 0 Å². The molecular formula is C12H15NO. The van der Waals surface area contributed by atoms with Crippen LogP contribution in [0.4, 0.5) is 0 Å². The highest BCUT2D eigenvalue weighted by molar-refractivity contribution is 5.84. The van der Waals surface area contributed by atoms with Crippen molar-refractivity contribution in [1.82, 2.24) is 0 Å². The van der Waals surface area contributed by atoms with Crippen LogP contribution in [0.1, 0.15) is 29.5 Å². The molecule has 0 atom stereocenters. The summed E-state index contributed by atoms with van der Waals surface area (Å²) in [5.74, 6) is 0.361. The van der Waals surface area contributed by atoms with Crippen LogP contribution in [0.25, 0.3) is 0 Å². The van der Waals surface area contributed by atoms with Gasteiger partial charge in [0.05, 0.1) is 6.04 Å². The summed E-state index contributed by atoms with van der Waals surface area (Å²) in [4.78, 5) is 4.36. The Hall–Kier alpha value is -1.31. The van der Waals surface area contributed by atoms with E-state index in [-0.39, 0.29) is 0 Å². The Kier molecular flexibility index (Phi) is 2.28. The zero-order valence-corrected chi connectivity index (χ0v) is 8.62. The molecule has 14 heavy (non-hydrogen) atoms. The molecule has 1 saturated carbocycles. The van der Waals surface area contributed by atoms with Gasteiger partial charge in [-0.3, -0.25) is 4.99 Å². The zero-order valence-electron chi connectivity index (χ0n) is 8.62. The van der Waals surface area contributed by atoms with Crippen LogP contribution >= 0.6 is 0 Å². The first-order valence-corrected chi connectivity index (χ1v) is 5.00. The maximum atomic E-state index is 9.76. The molecule has 0 spiro atoms. The average Bonchev–Trinajstić information content (AvgIpc) is 2.92. The number of aryl methyl sites for hydroxylation is 2. The lowest BCUT2D eigenvalue weighted by molar-refractivity contribution is 0.470. The minimum atomic E-state index is 0.361. The number of hydrogen-bond acceptors (Lipinski definition) is 2. The van der Waals surface area contributed by atoms with Gasteiger partial charge in [0, 0.05) is 11.8 Å². The van der Waals surface area contributed by atoms with E-state index in [9.17, 15) is 5.11 Å². The van der Waals surface area contributed by atoms with Crippen LogP contribution in [0.15, 0.2) is 17.1 Å². The Bertz CT molecular complexity index is 378. The molecule has 0 radical (unpaired) electrons. The molecule has 74 valence electrons. The van der Waals surface area contributed by atoms with Gasteiger partial charge in [-0.15, -0.1) is 0 Å². The van der Waals surface area contributed by atoms with E-state index in [4.69, 9.17) is 0 Å². The molecular weight excluding hydrogens is 174 g/mol. The van der Waals surface area contributed by atoms with Gasteiger partial charge in [-0.1, -0.05) is 6.07 Å². The molecule has 0 aliphatic heterocycles. The van der Waals surface area contributed by atoms with Crippen molar-refractivity contribution in [1.29, 1.82) is 0 Å². The Balaban J connectivity index is 2.30. The van der Waals surface area contributed by atoms with Crippen LogP contribution in [-0.4, -0.2) is 17.4 Å². The topological polar surface area (TPSA) is 32.6 Å². The minimum absolute atomic E-state index is 0.361. The Morgan fingerprint density at radius 2 is 2.07 bits per heavy atom. The van der Waals surface area contributed by atoms with Crippen LogP contribution in [0, 0.1) is 13.8 Å². The maximum absolute atomic E-state index is 9.76. The van der Waals surface area contributed by atoms with Gasteiger partial charge >= 0.3 is 0 Å². The Morgan fingerprint density at radius 1 is 1.36 bits per heavy atom. The van der Waals surface area contributed by atoms with Gasteiger partial charge in [0.15, 0.2) is 0 Å². The maximum Gasteiger partial charge on any atom is 0.127 e. The summed E-state index contributed by atoms with van der Waals surface area (Å²) < 4.78 is 0. The number of aromatic hydroxyl groups is 1. The fraction of sp³-hybridized carbons (Fsp3) is 0.417. The van der Waals surface area contributed by atoms with Crippen molar-refractivity contribution in [3.8, 4) is 5.75 Å². The van der Waals surface area contributed by atoms with Gasteiger partial charge in [0.1, 0.15) is 5.75 Å². The van der Waals surface area contributed by atoms with Gasteiger partial charge in [-0.2, -0.15) is 0 Å². The molecule has 1 aliphatic rings. The molecule has 1 fully saturated rings. The third kappa shape index (κ3) is 1.95. The fourth-order valence-electron chi connectivity index (χ4n) is 1.50. The van der Waals surface area contributed by atoms with Crippen molar-refractivity contribution in [2.75, 3.05) is 0 Å². The Morgan fingerprint density at radius 3 is 2.71 bits per heavy atom. The van der Waals surface area contributed by atoms with Crippen LogP contribution in [0.5, 0.6) is 5.75 Å². The third-order valence-corrected chi connectivity index (χ3v) is 2.45. The second kappa shape index (κ2) is 3.45. The molecule has 2 heteroatoms. The van der Waals surface area contributed by atoms with Gasteiger partial charge in [-0.05, 0) is 43.9 Å². The van der Waals surface area contributed by atoms with E-state index in [1.54, 1.807) is 6.21 Å². The van der Waals surface area contributed by atoms with E-state index in [2.05, 4.69) is 4.99 Å². The van der Waals surface area contributed by atoms with E-state index in [1.807, 2.05) is 26.0 Å². The Labute approximate surface area is 84.3 Å². The molecule has 2 rings (SSSR count). The predicted octanol–water partition coefficient (Wildman–Crippen LogP) is 2.59. The van der Waals surface area contributed by atoms with E-state index in [1.165, 1.54) is 12.8 Å². The summed E-state index contributed by atoms with van der Waals surface area (Å²) in [6.45, 7) is 3.94.